The fraction of sp³-hybridized carbons (Fsp3) is 0.537. The molecule has 0 fully saturated rings. The number of nitrogens with zero attached hydrogens (tertiary/aromatic N) is 1. The summed E-state index contributed by atoms with van der Waals surface area (Å²) in [4.78, 5) is 14.3. The van der Waals surface area contributed by atoms with Crippen LogP contribution >= 0.6 is 0 Å². The van der Waals surface area contributed by atoms with E-state index < -0.39 is 10.1 Å². The molecule has 0 saturated heterocycles. The zero-order chi connectivity index (χ0) is 39.7. The van der Waals surface area contributed by atoms with Gasteiger partial charge < -0.3 is 47.5 Å². The minimum Gasteiger partial charge on any atom is -0.448 e. The summed E-state index contributed by atoms with van der Waals surface area (Å²) in [6, 6.07) is 23.0. The van der Waals surface area contributed by atoms with E-state index >= 15 is 0 Å². The van der Waals surface area contributed by atoms with Gasteiger partial charge in [-0.15, -0.1) is 0 Å². The lowest BCUT2D eigenvalue weighted by atomic mass is 9.98. The van der Waals surface area contributed by atoms with E-state index in [0.29, 0.717) is 112 Å². The van der Waals surface area contributed by atoms with Gasteiger partial charge in [-0.3, -0.25) is 4.18 Å². The molecule has 56 heavy (non-hydrogen) atoms. The highest BCUT2D eigenvalue weighted by Gasteiger charge is 2.29. The number of carbonyl (C=O) groups is 1. The normalized spacial score (nSPS) is 12.5. The maximum atomic E-state index is 12.6. The lowest BCUT2D eigenvalue weighted by molar-refractivity contribution is -0.0238. The lowest BCUT2D eigenvalue weighted by Crippen LogP contribution is -2.32. The van der Waals surface area contributed by atoms with Gasteiger partial charge in [0.05, 0.1) is 117 Å². The molecule has 0 atom stereocenters. The summed E-state index contributed by atoms with van der Waals surface area (Å²) in [5, 5.41) is 0. The number of aryl methyl sites for hydroxylation is 1. The van der Waals surface area contributed by atoms with Crippen molar-refractivity contribution in [1.82, 2.24) is 4.90 Å². The van der Waals surface area contributed by atoms with Crippen LogP contribution in [-0.2, 0) is 56.9 Å². The molecule has 0 bridgehead atoms. The van der Waals surface area contributed by atoms with Crippen LogP contribution in [-0.4, -0.2) is 152 Å². The zero-order valence-corrected chi connectivity index (χ0v) is 33.4. The molecule has 310 valence electrons. The molecule has 0 heterocycles. The second-order valence-corrected chi connectivity index (χ2v) is 14.3. The van der Waals surface area contributed by atoms with Crippen LogP contribution in [0.15, 0.2) is 77.7 Å². The van der Waals surface area contributed by atoms with Crippen molar-refractivity contribution < 1.29 is 60.0 Å². The van der Waals surface area contributed by atoms with Gasteiger partial charge in [0.15, 0.2) is 0 Å². The highest BCUT2D eigenvalue weighted by Crippen LogP contribution is 2.44. The SMILES string of the molecule is Cc1ccc(S(=O)(=O)OCCOCCOCCOCCOCCOCCOCCOCCOCCN(C)C(=O)OCC2c3ccccc3-c3ccccc32)cc1. The molecule has 0 radical (unpaired) electrons. The Balaban J connectivity index is 0.829. The molecule has 0 N–H and O–H groups in total. The molecule has 3 aromatic rings. The van der Waals surface area contributed by atoms with E-state index in [2.05, 4.69) is 24.3 Å². The Morgan fingerprint density at radius 1 is 0.536 bits per heavy atom. The maximum absolute atomic E-state index is 12.6. The third-order valence-electron chi connectivity index (χ3n) is 8.60. The number of hydrogen-bond donors (Lipinski definition) is 0. The summed E-state index contributed by atoms with van der Waals surface area (Å²) < 4.78 is 78.8. The van der Waals surface area contributed by atoms with E-state index in [0.717, 1.165) is 5.56 Å². The molecular formula is C41H57NO13S. The number of fused-ring (bicyclic) bond motifs is 3. The van der Waals surface area contributed by atoms with E-state index in [1.807, 2.05) is 31.2 Å². The smallest absolute Gasteiger partial charge is 0.409 e. The van der Waals surface area contributed by atoms with Gasteiger partial charge in [-0.05, 0) is 41.3 Å². The van der Waals surface area contributed by atoms with Crippen molar-refractivity contribution in [1.29, 1.82) is 0 Å². The van der Waals surface area contributed by atoms with Crippen molar-refractivity contribution >= 4 is 16.2 Å². The van der Waals surface area contributed by atoms with E-state index in [9.17, 15) is 13.2 Å². The Labute approximate surface area is 331 Å². The Morgan fingerprint density at radius 3 is 1.34 bits per heavy atom. The van der Waals surface area contributed by atoms with Gasteiger partial charge in [-0.25, -0.2) is 4.79 Å². The standard InChI is InChI=1S/C41H57NO13S/c1-34-11-13-35(14-12-34)56(44,45)55-32-31-53-30-29-52-28-27-51-26-25-50-24-23-49-22-21-48-20-19-47-18-17-46-16-15-42(2)41(43)54-33-40-38-9-5-3-7-36(38)37-8-4-6-10-39(37)40/h3-14,40H,15-33H2,1-2H3. The third kappa shape index (κ3) is 16.5. The number of ether oxygens (including phenoxy) is 9. The van der Waals surface area contributed by atoms with Crippen molar-refractivity contribution in [2.75, 3.05) is 133 Å². The summed E-state index contributed by atoms with van der Waals surface area (Å²) in [5.74, 6) is 0.0308. The van der Waals surface area contributed by atoms with Crippen LogP contribution < -0.4 is 0 Å². The van der Waals surface area contributed by atoms with E-state index in [-0.39, 0.29) is 30.1 Å². The summed E-state index contributed by atoms with van der Waals surface area (Å²) in [6.45, 7) is 9.05. The van der Waals surface area contributed by atoms with Crippen LogP contribution in [0.3, 0.4) is 0 Å². The second kappa shape index (κ2) is 26.4. The summed E-state index contributed by atoms with van der Waals surface area (Å²) in [7, 11) is -2.08. The van der Waals surface area contributed by atoms with E-state index in [1.165, 1.54) is 39.3 Å². The first kappa shape index (κ1) is 45.2. The molecule has 0 saturated carbocycles. The molecule has 0 spiro atoms. The van der Waals surface area contributed by atoms with Crippen LogP contribution in [0.25, 0.3) is 11.1 Å². The van der Waals surface area contributed by atoms with Crippen LogP contribution in [0, 0.1) is 6.92 Å². The van der Waals surface area contributed by atoms with Crippen molar-refractivity contribution in [3.63, 3.8) is 0 Å². The topological polar surface area (TPSA) is 147 Å². The minimum absolute atomic E-state index is 0.0308. The number of rotatable bonds is 31. The Hall–Kier alpha value is -3.48. The van der Waals surface area contributed by atoms with Gasteiger partial charge in [0, 0.05) is 19.5 Å². The summed E-state index contributed by atoms with van der Waals surface area (Å²) >= 11 is 0. The molecule has 15 heteroatoms. The van der Waals surface area contributed by atoms with Crippen molar-refractivity contribution in [3.05, 3.63) is 89.5 Å². The Morgan fingerprint density at radius 2 is 0.911 bits per heavy atom. The highest BCUT2D eigenvalue weighted by atomic mass is 32.2. The van der Waals surface area contributed by atoms with Gasteiger partial charge >= 0.3 is 6.09 Å². The lowest BCUT2D eigenvalue weighted by Gasteiger charge is -2.19. The fourth-order valence-electron chi connectivity index (χ4n) is 5.61. The number of hydrogen-bond acceptors (Lipinski definition) is 13. The van der Waals surface area contributed by atoms with E-state index in [4.69, 9.17) is 46.8 Å². The highest BCUT2D eigenvalue weighted by molar-refractivity contribution is 7.86. The van der Waals surface area contributed by atoms with Gasteiger partial charge in [-0.2, -0.15) is 8.42 Å². The average molecular weight is 804 g/mol. The number of amides is 1. The first-order valence-corrected chi connectivity index (χ1v) is 20.4. The predicted molar refractivity (Wildman–Crippen MR) is 209 cm³/mol. The van der Waals surface area contributed by atoms with Crippen LogP contribution in [0.4, 0.5) is 4.79 Å². The predicted octanol–water partition coefficient (Wildman–Crippen LogP) is 4.71. The van der Waals surface area contributed by atoms with Gasteiger partial charge in [0.1, 0.15) is 6.61 Å². The Kier molecular flexibility index (Phi) is 21.4. The first-order valence-electron chi connectivity index (χ1n) is 19.0. The summed E-state index contributed by atoms with van der Waals surface area (Å²) in [6.07, 6.45) is -0.373. The van der Waals surface area contributed by atoms with Crippen molar-refractivity contribution in [3.8, 4) is 11.1 Å². The largest absolute Gasteiger partial charge is 0.448 e. The first-order chi connectivity index (χ1) is 27.4. The molecule has 14 nitrogen and oxygen atoms in total. The molecule has 1 amide bonds. The molecule has 1 aliphatic rings. The average Bonchev–Trinajstić information content (AvgIpc) is 3.53. The summed E-state index contributed by atoms with van der Waals surface area (Å²) in [5.41, 5.74) is 5.74. The van der Waals surface area contributed by atoms with Gasteiger partial charge in [0.2, 0.25) is 0 Å². The van der Waals surface area contributed by atoms with Crippen LogP contribution in [0.1, 0.15) is 22.6 Å². The fourth-order valence-corrected chi connectivity index (χ4v) is 6.51. The van der Waals surface area contributed by atoms with Gasteiger partial charge in [-0.1, -0.05) is 66.2 Å². The second-order valence-electron chi connectivity index (χ2n) is 12.7. The van der Waals surface area contributed by atoms with E-state index in [1.54, 1.807) is 19.2 Å². The van der Waals surface area contributed by atoms with Crippen molar-refractivity contribution in [2.45, 2.75) is 17.7 Å². The minimum atomic E-state index is -3.78. The molecular weight excluding hydrogens is 747 g/mol. The van der Waals surface area contributed by atoms with Crippen LogP contribution in [0.2, 0.25) is 0 Å². The molecule has 0 unspecified atom stereocenters. The molecule has 3 aromatic carbocycles. The quantitative estimate of drug-likeness (QED) is 0.0654. The number of carbonyl (C=O) groups excluding carboxylic acids is 1. The molecule has 0 aliphatic heterocycles. The zero-order valence-electron chi connectivity index (χ0n) is 32.6. The van der Waals surface area contributed by atoms with Crippen LogP contribution in [0.5, 0.6) is 0 Å². The molecule has 0 aromatic heterocycles. The number of benzene rings is 3. The monoisotopic (exact) mass is 803 g/mol. The third-order valence-corrected chi connectivity index (χ3v) is 9.93. The maximum Gasteiger partial charge on any atom is 0.409 e. The number of likely N-dealkylation sites (N-methyl/N-ethyl adjacent to an activating group) is 1. The van der Waals surface area contributed by atoms with Crippen molar-refractivity contribution in [2.24, 2.45) is 0 Å². The Bertz CT molecular complexity index is 1590. The molecule has 1 aliphatic carbocycles. The van der Waals surface area contributed by atoms with Gasteiger partial charge in [0.25, 0.3) is 10.1 Å². The molecule has 4 rings (SSSR count).